The van der Waals surface area contributed by atoms with Gasteiger partial charge in [0.05, 0.1) is 22.7 Å². The van der Waals surface area contributed by atoms with Crippen molar-refractivity contribution in [1.29, 1.82) is 0 Å². The molecular weight excluding hydrogens is 630 g/mol. The van der Waals surface area contributed by atoms with Crippen LogP contribution in [0.5, 0.6) is 11.5 Å². The first-order valence-electron chi connectivity index (χ1n) is 10.7. The van der Waals surface area contributed by atoms with Crippen molar-refractivity contribution in [3.05, 3.63) is 106 Å². The van der Waals surface area contributed by atoms with E-state index in [1.165, 1.54) is 12.1 Å². The third kappa shape index (κ3) is 8.46. The first-order valence-corrected chi connectivity index (χ1v) is 12.3. The summed E-state index contributed by atoms with van der Waals surface area (Å²) in [6.07, 6.45) is 0. The number of carbonyl (C=O) groups is 2. The lowest BCUT2D eigenvalue weighted by Gasteiger charge is -2.10. The normalized spacial score (nSPS) is 10.0. The van der Waals surface area contributed by atoms with E-state index in [1.807, 2.05) is 12.1 Å². The lowest BCUT2D eigenvalue weighted by Crippen LogP contribution is -2.19. The van der Waals surface area contributed by atoms with Crippen molar-refractivity contribution in [3.8, 4) is 11.5 Å². The summed E-state index contributed by atoms with van der Waals surface area (Å²) in [5, 5.41) is 28.9. The van der Waals surface area contributed by atoms with Crippen molar-refractivity contribution in [1.82, 2.24) is 0 Å². The van der Waals surface area contributed by atoms with E-state index in [0.717, 1.165) is 24.3 Å². The van der Waals surface area contributed by atoms with Gasteiger partial charge in [0, 0.05) is 21.1 Å². The first-order chi connectivity index (χ1) is 18.1. The van der Waals surface area contributed by atoms with Gasteiger partial charge in [0.2, 0.25) is 0 Å². The highest BCUT2D eigenvalue weighted by molar-refractivity contribution is 9.11. The van der Waals surface area contributed by atoms with E-state index in [0.29, 0.717) is 20.3 Å². The van der Waals surface area contributed by atoms with Crippen LogP contribution in [0.15, 0.2) is 93.9 Å². The number of anilines is 4. The van der Waals surface area contributed by atoms with Crippen molar-refractivity contribution < 1.29 is 28.6 Å². The zero-order chi connectivity index (χ0) is 27.7. The summed E-state index contributed by atoms with van der Waals surface area (Å²) >= 11 is 6.57. The van der Waals surface area contributed by atoms with Crippen LogP contribution in [0.4, 0.5) is 41.1 Å². The van der Waals surface area contributed by atoms with Crippen LogP contribution in [0.1, 0.15) is 0 Å². The standard InChI is InChI=1S/2C13H10BrFN2O2/c2*14-9-3-1-2-4-10(9)16-13(19)17-11-7-8(15)5-6-12(11)18/h2*1-7,18H,(H2,16,17,19). The van der Waals surface area contributed by atoms with E-state index in [1.54, 1.807) is 36.4 Å². The second-order valence-electron chi connectivity index (χ2n) is 7.44. The number of nitrogens with one attached hydrogen (secondary N) is 4. The Morgan fingerprint density at radius 3 is 1.26 bits per heavy atom. The molecule has 0 saturated carbocycles. The van der Waals surface area contributed by atoms with Gasteiger partial charge < -0.3 is 31.5 Å². The summed E-state index contributed by atoms with van der Waals surface area (Å²) in [5.74, 6) is -1.50. The van der Waals surface area contributed by atoms with Crippen LogP contribution in [0.2, 0.25) is 0 Å². The van der Waals surface area contributed by atoms with Gasteiger partial charge in [-0.25, -0.2) is 18.4 Å². The smallest absolute Gasteiger partial charge is 0.323 e. The molecule has 0 atom stereocenters. The van der Waals surface area contributed by atoms with Gasteiger partial charge in [-0.15, -0.1) is 0 Å². The number of amides is 4. The Hall–Kier alpha value is -4.16. The van der Waals surface area contributed by atoms with Gasteiger partial charge in [-0.2, -0.15) is 0 Å². The quantitative estimate of drug-likeness (QED) is 0.126. The highest BCUT2D eigenvalue weighted by Crippen LogP contribution is 2.26. The van der Waals surface area contributed by atoms with Gasteiger partial charge in [-0.1, -0.05) is 24.3 Å². The molecule has 0 aliphatic heterocycles. The predicted octanol–water partition coefficient (Wildman–Crippen LogP) is 7.88. The highest BCUT2D eigenvalue weighted by Gasteiger charge is 2.10. The van der Waals surface area contributed by atoms with Crippen molar-refractivity contribution in [2.75, 3.05) is 21.3 Å². The molecule has 0 aliphatic carbocycles. The Morgan fingerprint density at radius 1 is 0.553 bits per heavy atom. The number of phenolic OH excluding ortho intramolecular Hbond substituents is 2. The monoisotopic (exact) mass is 648 g/mol. The number of benzene rings is 4. The van der Waals surface area contributed by atoms with E-state index >= 15 is 0 Å². The number of carbonyl (C=O) groups excluding carboxylic acids is 2. The maximum atomic E-state index is 13.0. The van der Waals surface area contributed by atoms with Gasteiger partial charge in [-0.3, -0.25) is 0 Å². The third-order valence-corrected chi connectivity index (χ3v) is 6.04. The van der Waals surface area contributed by atoms with Crippen LogP contribution in [0.3, 0.4) is 0 Å². The molecule has 0 heterocycles. The second kappa shape index (κ2) is 13.4. The molecule has 196 valence electrons. The molecule has 4 aromatic rings. The van der Waals surface area contributed by atoms with Crippen LogP contribution in [-0.2, 0) is 0 Å². The molecule has 4 amide bonds. The molecule has 0 bridgehead atoms. The molecular formula is C26H20Br2F2N4O4. The highest BCUT2D eigenvalue weighted by atomic mass is 79.9. The third-order valence-electron chi connectivity index (χ3n) is 4.66. The molecule has 6 N–H and O–H groups in total. The fourth-order valence-electron chi connectivity index (χ4n) is 2.89. The van der Waals surface area contributed by atoms with Crippen molar-refractivity contribution in [3.63, 3.8) is 0 Å². The number of aromatic hydroxyl groups is 2. The van der Waals surface area contributed by atoms with Crippen LogP contribution < -0.4 is 21.3 Å². The Balaban J connectivity index is 0.000000211. The predicted molar refractivity (Wildman–Crippen MR) is 150 cm³/mol. The Bertz CT molecular complexity index is 1350. The molecule has 0 radical (unpaired) electrons. The molecule has 0 aliphatic rings. The zero-order valence-electron chi connectivity index (χ0n) is 19.3. The molecule has 0 aromatic heterocycles. The van der Waals surface area contributed by atoms with E-state index in [2.05, 4.69) is 53.1 Å². The van der Waals surface area contributed by atoms with E-state index < -0.39 is 23.7 Å². The number of hydrogen-bond acceptors (Lipinski definition) is 4. The summed E-state index contributed by atoms with van der Waals surface area (Å²) < 4.78 is 27.4. The molecule has 38 heavy (non-hydrogen) atoms. The van der Waals surface area contributed by atoms with Gasteiger partial charge in [0.15, 0.2) is 0 Å². The minimum atomic E-state index is -0.576. The maximum absolute atomic E-state index is 13.0. The SMILES string of the molecule is O=C(Nc1cc(F)ccc1O)Nc1ccccc1Br.O=C(Nc1cc(F)ccc1O)Nc1ccccc1Br. The van der Waals surface area contributed by atoms with Crippen molar-refractivity contribution in [2.45, 2.75) is 0 Å². The van der Waals surface area contributed by atoms with Crippen LogP contribution >= 0.6 is 31.9 Å². The first kappa shape index (κ1) is 28.4. The molecule has 0 unspecified atom stereocenters. The summed E-state index contributed by atoms with van der Waals surface area (Å²) in [5.41, 5.74) is 1.14. The van der Waals surface area contributed by atoms with Crippen LogP contribution in [-0.4, -0.2) is 22.3 Å². The number of para-hydroxylation sites is 2. The zero-order valence-corrected chi connectivity index (χ0v) is 22.5. The van der Waals surface area contributed by atoms with Gasteiger partial charge in [0.25, 0.3) is 0 Å². The minimum absolute atomic E-state index is 0.00422. The van der Waals surface area contributed by atoms with Gasteiger partial charge >= 0.3 is 12.1 Å². The fourth-order valence-corrected chi connectivity index (χ4v) is 3.66. The lowest BCUT2D eigenvalue weighted by molar-refractivity contribution is 0.261. The second-order valence-corrected chi connectivity index (χ2v) is 9.15. The van der Waals surface area contributed by atoms with Gasteiger partial charge in [0.1, 0.15) is 23.1 Å². The number of urea groups is 2. The molecule has 4 rings (SSSR count). The largest absolute Gasteiger partial charge is 0.506 e. The number of hydrogen-bond donors (Lipinski definition) is 6. The van der Waals surface area contributed by atoms with E-state index in [9.17, 15) is 28.6 Å². The van der Waals surface area contributed by atoms with Crippen LogP contribution in [0.25, 0.3) is 0 Å². The Morgan fingerprint density at radius 2 is 0.895 bits per heavy atom. The maximum Gasteiger partial charge on any atom is 0.323 e. The molecule has 8 nitrogen and oxygen atoms in total. The number of phenols is 2. The Kier molecular flexibility index (Phi) is 10.0. The summed E-state index contributed by atoms with van der Waals surface area (Å²) in [6, 6.07) is 19.6. The molecule has 0 spiro atoms. The number of halogens is 4. The average molecular weight is 650 g/mol. The fraction of sp³-hybridized carbons (Fsp3) is 0. The lowest BCUT2D eigenvalue weighted by atomic mass is 10.3. The van der Waals surface area contributed by atoms with E-state index in [-0.39, 0.29) is 22.9 Å². The number of rotatable bonds is 4. The van der Waals surface area contributed by atoms with Crippen molar-refractivity contribution in [2.24, 2.45) is 0 Å². The van der Waals surface area contributed by atoms with Crippen molar-refractivity contribution >= 4 is 66.7 Å². The summed E-state index contributed by atoms with van der Waals surface area (Å²) in [4.78, 5) is 23.4. The van der Waals surface area contributed by atoms with Gasteiger partial charge in [-0.05, 0) is 80.4 Å². The molecule has 0 saturated heterocycles. The topological polar surface area (TPSA) is 123 Å². The molecule has 0 fully saturated rings. The average Bonchev–Trinajstić information content (AvgIpc) is 2.87. The summed E-state index contributed by atoms with van der Waals surface area (Å²) in [7, 11) is 0. The molecule has 4 aromatic carbocycles. The molecule has 12 heteroatoms. The summed E-state index contributed by atoms with van der Waals surface area (Å²) in [6.45, 7) is 0. The van der Waals surface area contributed by atoms with Crippen LogP contribution in [0, 0.1) is 11.6 Å². The minimum Gasteiger partial charge on any atom is -0.506 e. The Labute approximate surface area is 233 Å². The van der Waals surface area contributed by atoms with E-state index in [4.69, 9.17) is 0 Å².